The number of unbranched alkanes of at least 4 members (excludes halogenated alkanes) is 3. The van der Waals surface area contributed by atoms with Crippen LogP contribution in [0.5, 0.6) is 0 Å². The monoisotopic (exact) mass is 255 g/mol. The minimum atomic E-state index is 0.116. The summed E-state index contributed by atoms with van der Waals surface area (Å²) in [6, 6.07) is 0. The van der Waals surface area contributed by atoms with Crippen LogP contribution in [0.2, 0.25) is 0 Å². The summed E-state index contributed by atoms with van der Waals surface area (Å²) in [5.74, 6) is 0.148. The number of carbonyl (C=O) groups excluding carboxylic acids is 1. The molecule has 3 heteroatoms. The first-order chi connectivity index (χ1) is 7.88. The van der Waals surface area contributed by atoms with Crippen molar-refractivity contribution in [3.63, 3.8) is 0 Å². The molecule has 1 heterocycles. The van der Waals surface area contributed by atoms with Gasteiger partial charge in [-0.1, -0.05) is 64.8 Å². The molecule has 1 fully saturated rings. The Labute approximate surface area is 110 Å². The van der Waals surface area contributed by atoms with Gasteiger partial charge in [-0.3, -0.25) is 4.79 Å². The second-order valence-electron chi connectivity index (χ2n) is 6.03. The Morgan fingerprint density at radius 3 is 2.41 bits per heavy atom. The average molecular weight is 255 g/mol. The Morgan fingerprint density at radius 1 is 1.24 bits per heavy atom. The fourth-order valence-corrected chi connectivity index (χ4v) is 2.95. The summed E-state index contributed by atoms with van der Waals surface area (Å²) < 4.78 is 0. The maximum absolute atomic E-state index is 11.4. The molecule has 1 N–H and O–H groups in total. The van der Waals surface area contributed by atoms with E-state index in [1.807, 2.05) is 0 Å². The third-order valence-corrected chi connectivity index (χ3v) is 4.10. The number of thioether (sulfide) groups is 1. The van der Waals surface area contributed by atoms with Gasteiger partial charge in [0.15, 0.2) is 0 Å². The molecule has 0 spiro atoms. The first-order valence-corrected chi connectivity index (χ1v) is 7.43. The van der Waals surface area contributed by atoms with Gasteiger partial charge in [0.05, 0.1) is 10.3 Å². The van der Waals surface area contributed by atoms with E-state index >= 15 is 0 Å². The molecule has 0 aliphatic carbocycles. The van der Waals surface area contributed by atoms with Crippen LogP contribution in [0.3, 0.4) is 0 Å². The average Bonchev–Trinajstić information content (AvgIpc) is 2.49. The lowest BCUT2D eigenvalue weighted by Gasteiger charge is -2.17. The summed E-state index contributed by atoms with van der Waals surface area (Å²) in [4.78, 5) is 11.4. The molecule has 0 radical (unpaired) electrons. The predicted molar refractivity (Wildman–Crippen MR) is 75.8 cm³/mol. The number of carbonyl (C=O) groups is 1. The Kier molecular flexibility index (Phi) is 5.57. The lowest BCUT2D eigenvalue weighted by molar-refractivity contribution is -0.119. The number of nitrogens with one attached hydrogen (secondary N) is 1. The van der Waals surface area contributed by atoms with Crippen LogP contribution >= 0.6 is 11.8 Å². The highest BCUT2D eigenvalue weighted by atomic mass is 32.2. The van der Waals surface area contributed by atoms with Crippen molar-refractivity contribution >= 4 is 17.7 Å². The first-order valence-electron chi connectivity index (χ1n) is 6.55. The van der Waals surface area contributed by atoms with Crippen LogP contribution in [-0.4, -0.2) is 11.2 Å². The lowest BCUT2D eigenvalue weighted by atomic mass is 9.89. The van der Waals surface area contributed by atoms with Crippen molar-refractivity contribution in [3.05, 3.63) is 11.6 Å². The quantitative estimate of drug-likeness (QED) is 0.725. The van der Waals surface area contributed by atoms with Crippen molar-refractivity contribution in [1.29, 1.82) is 0 Å². The minimum absolute atomic E-state index is 0.116. The van der Waals surface area contributed by atoms with Gasteiger partial charge in [-0.2, -0.15) is 0 Å². The van der Waals surface area contributed by atoms with Crippen molar-refractivity contribution in [3.8, 4) is 0 Å². The van der Waals surface area contributed by atoms with E-state index in [1.54, 1.807) is 11.8 Å². The second kappa shape index (κ2) is 6.48. The van der Waals surface area contributed by atoms with Gasteiger partial charge in [0.25, 0.3) is 0 Å². The standard InChI is InChI=1S/C14H25NOS/c1-11-15-13(16)12(17-11)9-7-5-6-8-10-14(2,3)4/h12H,1,5-10H2,2-4H3,(H,15,16). The highest BCUT2D eigenvalue weighted by Gasteiger charge is 2.26. The fraction of sp³-hybridized carbons (Fsp3) is 0.786. The molecule has 0 saturated carbocycles. The molecule has 1 aliphatic heterocycles. The third-order valence-electron chi connectivity index (χ3n) is 2.98. The molecule has 98 valence electrons. The molecule has 0 aromatic carbocycles. The highest BCUT2D eigenvalue weighted by molar-refractivity contribution is 8.04. The van der Waals surface area contributed by atoms with E-state index in [0.717, 1.165) is 17.9 Å². The van der Waals surface area contributed by atoms with Gasteiger partial charge in [0, 0.05) is 0 Å². The number of amides is 1. The normalized spacial score (nSPS) is 20.8. The third kappa shape index (κ3) is 6.16. The topological polar surface area (TPSA) is 29.1 Å². The molecule has 0 aromatic heterocycles. The molecular formula is C14H25NOS. The van der Waals surface area contributed by atoms with Gasteiger partial charge in [0.2, 0.25) is 5.91 Å². The SMILES string of the molecule is C=C1NC(=O)C(CCCCCCC(C)(C)C)S1. The van der Waals surface area contributed by atoms with Gasteiger partial charge >= 0.3 is 0 Å². The van der Waals surface area contributed by atoms with Gasteiger partial charge < -0.3 is 5.32 Å². The summed E-state index contributed by atoms with van der Waals surface area (Å²) >= 11 is 1.59. The van der Waals surface area contributed by atoms with E-state index in [-0.39, 0.29) is 11.2 Å². The van der Waals surface area contributed by atoms with E-state index in [2.05, 4.69) is 32.7 Å². The van der Waals surface area contributed by atoms with Gasteiger partial charge in [-0.15, -0.1) is 0 Å². The van der Waals surface area contributed by atoms with Crippen LogP contribution in [0.25, 0.3) is 0 Å². The van der Waals surface area contributed by atoms with E-state index in [0.29, 0.717) is 5.41 Å². The summed E-state index contributed by atoms with van der Waals surface area (Å²) in [7, 11) is 0. The summed E-state index contributed by atoms with van der Waals surface area (Å²) in [6.07, 6.45) is 7.28. The van der Waals surface area contributed by atoms with Gasteiger partial charge in [-0.25, -0.2) is 0 Å². The van der Waals surface area contributed by atoms with Crippen LogP contribution < -0.4 is 5.32 Å². The second-order valence-corrected chi connectivity index (χ2v) is 7.33. The van der Waals surface area contributed by atoms with Gasteiger partial charge in [0.1, 0.15) is 0 Å². The highest BCUT2D eigenvalue weighted by Crippen LogP contribution is 2.29. The maximum atomic E-state index is 11.4. The van der Waals surface area contributed by atoms with Crippen molar-refractivity contribution in [1.82, 2.24) is 5.32 Å². The van der Waals surface area contributed by atoms with Crippen LogP contribution in [0.4, 0.5) is 0 Å². The molecule has 1 rings (SSSR count). The largest absolute Gasteiger partial charge is 0.320 e. The Bertz CT molecular complexity index is 280. The molecule has 1 saturated heterocycles. The summed E-state index contributed by atoms with van der Waals surface area (Å²) in [6.45, 7) is 10.6. The Balaban J connectivity index is 2.01. The van der Waals surface area contributed by atoms with E-state index in [1.165, 1.54) is 25.7 Å². The molecule has 1 amide bonds. The predicted octanol–water partition coefficient (Wildman–Crippen LogP) is 4.08. The first kappa shape index (κ1) is 14.6. The zero-order valence-electron chi connectivity index (χ0n) is 11.3. The smallest absolute Gasteiger partial charge is 0.238 e. The molecule has 2 nitrogen and oxygen atoms in total. The molecule has 17 heavy (non-hydrogen) atoms. The fourth-order valence-electron chi connectivity index (χ4n) is 2.00. The van der Waals surface area contributed by atoms with Crippen molar-refractivity contribution < 1.29 is 4.79 Å². The molecule has 1 atom stereocenters. The summed E-state index contributed by atoms with van der Waals surface area (Å²) in [5, 5.41) is 3.70. The van der Waals surface area contributed by atoms with E-state index in [9.17, 15) is 4.79 Å². The zero-order valence-corrected chi connectivity index (χ0v) is 12.2. The Morgan fingerprint density at radius 2 is 1.88 bits per heavy atom. The lowest BCUT2D eigenvalue weighted by Crippen LogP contribution is -2.21. The van der Waals surface area contributed by atoms with Crippen molar-refractivity contribution in [2.45, 2.75) is 64.5 Å². The van der Waals surface area contributed by atoms with E-state index in [4.69, 9.17) is 0 Å². The number of hydrogen-bond donors (Lipinski definition) is 1. The van der Waals surface area contributed by atoms with Crippen molar-refractivity contribution in [2.75, 3.05) is 0 Å². The van der Waals surface area contributed by atoms with E-state index < -0.39 is 0 Å². The van der Waals surface area contributed by atoms with Gasteiger partial charge in [-0.05, 0) is 18.3 Å². The van der Waals surface area contributed by atoms with Crippen molar-refractivity contribution in [2.24, 2.45) is 5.41 Å². The molecule has 0 bridgehead atoms. The molecular weight excluding hydrogens is 230 g/mol. The summed E-state index contributed by atoms with van der Waals surface area (Å²) in [5.41, 5.74) is 0.457. The number of hydrogen-bond acceptors (Lipinski definition) is 2. The van der Waals surface area contributed by atoms with Crippen LogP contribution in [0.1, 0.15) is 59.3 Å². The molecule has 1 aliphatic rings. The minimum Gasteiger partial charge on any atom is -0.320 e. The van der Waals surface area contributed by atoms with Crippen LogP contribution in [0, 0.1) is 5.41 Å². The number of rotatable bonds is 6. The van der Waals surface area contributed by atoms with Crippen LogP contribution in [0.15, 0.2) is 11.6 Å². The molecule has 0 aromatic rings. The maximum Gasteiger partial charge on any atom is 0.238 e. The molecule has 1 unspecified atom stereocenters. The Hall–Kier alpha value is -0.440. The zero-order chi connectivity index (χ0) is 12.9. The van der Waals surface area contributed by atoms with Crippen LogP contribution in [-0.2, 0) is 4.79 Å².